The van der Waals surface area contributed by atoms with Gasteiger partial charge < -0.3 is 10.4 Å². The first-order chi connectivity index (χ1) is 9.08. The van der Waals surface area contributed by atoms with Crippen LogP contribution in [0.4, 0.5) is 0 Å². The van der Waals surface area contributed by atoms with E-state index in [1.165, 1.54) is 0 Å². The summed E-state index contributed by atoms with van der Waals surface area (Å²) in [4.78, 5) is 12.0. The fraction of sp³-hybridized carbons (Fsp3) is 0.500. The van der Waals surface area contributed by atoms with Crippen LogP contribution in [0.25, 0.3) is 0 Å². The second-order valence-corrected chi connectivity index (χ2v) is 5.72. The summed E-state index contributed by atoms with van der Waals surface area (Å²) < 4.78 is 0. The number of aliphatic hydroxyl groups excluding tert-OH is 1. The molecule has 104 valence electrons. The van der Waals surface area contributed by atoms with Gasteiger partial charge in [-0.15, -0.1) is 0 Å². The normalized spacial score (nSPS) is 23.1. The molecule has 5 heteroatoms. The molecule has 0 bridgehead atoms. The van der Waals surface area contributed by atoms with E-state index in [0.717, 1.165) is 25.7 Å². The van der Waals surface area contributed by atoms with Crippen LogP contribution in [-0.2, 0) is 11.2 Å². The van der Waals surface area contributed by atoms with Crippen LogP contribution in [0, 0.1) is 0 Å². The molecule has 1 amide bonds. The van der Waals surface area contributed by atoms with Gasteiger partial charge in [0.15, 0.2) is 0 Å². The van der Waals surface area contributed by atoms with E-state index in [2.05, 4.69) is 5.32 Å². The fourth-order valence-corrected chi connectivity index (χ4v) is 2.93. The second kappa shape index (κ2) is 6.60. The Hall–Kier alpha value is -0.770. The van der Waals surface area contributed by atoms with E-state index in [9.17, 15) is 9.90 Å². The van der Waals surface area contributed by atoms with Gasteiger partial charge >= 0.3 is 0 Å². The van der Waals surface area contributed by atoms with Crippen LogP contribution in [0.3, 0.4) is 0 Å². The molecule has 1 aliphatic rings. The van der Waals surface area contributed by atoms with Gasteiger partial charge in [0.25, 0.3) is 0 Å². The smallest absolute Gasteiger partial charge is 0.224 e. The number of amides is 1. The van der Waals surface area contributed by atoms with Crippen LogP contribution in [0.1, 0.15) is 31.2 Å². The Morgan fingerprint density at radius 3 is 2.53 bits per heavy atom. The SMILES string of the molecule is O=C(Cc1c(Cl)cccc1Cl)N[C@@H]1CCCC[C@H]1O. The highest BCUT2D eigenvalue weighted by atomic mass is 35.5. The predicted octanol–water partition coefficient (Wildman–Crippen LogP) is 2.96. The summed E-state index contributed by atoms with van der Waals surface area (Å²) in [6.07, 6.45) is 3.32. The van der Waals surface area contributed by atoms with E-state index in [1.807, 2.05) is 0 Å². The van der Waals surface area contributed by atoms with E-state index in [4.69, 9.17) is 23.2 Å². The second-order valence-electron chi connectivity index (χ2n) is 4.90. The van der Waals surface area contributed by atoms with E-state index in [1.54, 1.807) is 18.2 Å². The zero-order valence-electron chi connectivity index (χ0n) is 10.5. The molecule has 0 aliphatic heterocycles. The molecule has 2 rings (SSSR count). The number of halogens is 2. The van der Waals surface area contributed by atoms with Crippen molar-refractivity contribution >= 4 is 29.1 Å². The number of carbonyl (C=O) groups excluding carboxylic acids is 1. The van der Waals surface area contributed by atoms with Gasteiger partial charge in [-0.25, -0.2) is 0 Å². The molecule has 0 radical (unpaired) electrons. The van der Waals surface area contributed by atoms with Crippen molar-refractivity contribution in [2.24, 2.45) is 0 Å². The van der Waals surface area contributed by atoms with Crippen molar-refractivity contribution in [2.45, 2.75) is 44.2 Å². The highest BCUT2D eigenvalue weighted by molar-refractivity contribution is 6.36. The Balaban J connectivity index is 1.97. The molecular weight excluding hydrogens is 285 g/mol. The predicted molar refractivity (Wildman–Crippen MR) is 76.6 cm³/mol. The Labute approximate surface area is 122 Å². The molecule has 1 saturated carbocycles. The van der Waals surface area contributed by atoms with Crippen LogP contribution in [0.15, 0.2) is 18.2 Å². The molecule has 0 spiro atoms. The maximum absolute atomic E-state index is 12.0. The molecule has 19 heavy (non-hydrogen) atoms. The van der Waals surface area contributed by atoms with Crippen LogP contribution in [0.2, 0.25) is 10.0 Å². The Bertz CT molecular complexity index is 445. The summed E-state index contributed by atoms with van der Waals surface area (Å²) in [6, 6.07) is 5.02. The summed E-state index contributed by atoms with van der Waals surface area (Å²) in [7, 11) is 0. The van der Waals surface area contributed by atoms with Crippen LogP contribution in [-0.4, -0.2) is 23.2 Å². The summed E-state index contributed by atoms with van der Waals surface area (Å²) in [5, 5.41) is 13.7. The Morgan fingerprint density at radius 1 is 1.26 bits per heavy atom. The minimum atomic E-state index is -0.445. The molecule has 3 nitrogen and oxygen atoms in total. The molecule has 2 atom stereocenters. The first kappa shape index (κ1) is 14.6. The van der Waals surface area contributed by atoms with Gasteiger partial charge in [0.2, 0.25) is 5.91 Å². The van der Waals surface area contributed by atoms with E-state index in [-0.39, 0.29) is 18.4 Å². The monoisotopic (exact) mass is 301 g/mol. The molecule has 1 fully saturated rings. The van der Waals surface area contributed by atoms with E-state index >= 15 is 0 Å². The van der Waals surface area contributed by atoms with Crippen molar-refractivity contribution in [1.29, 1.82) is 0 Å². The molecule has 1 aromatic carbocycles. The highest BCUT2D eigenvalue weighted by Crippen LogP contribution is 2.25. The first-order valence-corrected chi connectivity index (χ1v) is 7.24. The lowest BCUT2D eigenvalue weighted by molar-refractivity contribution is -0.122. The number of hydrogen-bond donors (Lipinski definition) is 2. The largest absolute Gasteiger partial charge is 0.391 e. The molecule has 0 saturated heterocycles. The number of rotatable bonds is 3. The maximum Gasteiger partial charge on any atom is 0.224 e. The van der Waals surface area contributed by atoms with Crippen LogP contribution in [0.5, 0.6) is 0 Å². The third kappa shape index (κ3) is 3.85. The highest BCUT2D eigenvalue weighted by Gasteiger charge is 2.24. The van der Waals surface area contributed by atoms with Gasteiger partial charge in [-0.2, -0.15) is 0 Å². The van der Waals surface area contributed by atoms with Gasteiger partial charge in [-0.3, -0.25) is 4.79 Å². The lowest BCUT2D eigenvalue weighted by Gasteiger charge is -2.28. The zero-order valence-corrected chi connectivity index (χ0v) is 12.0. The van der Waals surface area contributed by atoms with Gasteiger partial charge in [0, 0.05) is 10.0 Å². The summed E-state index contributed by atoms with van der Waals surface area (Å²) in [6.45, 7) is 0. The molecule has 0 heterocycles. The number of nitrogens with one attached hydrogen (secondary N) is 1. The first-order valence-electron chi connectivity index (χ1n) is 6.48. The van der Waals surface area contributed by atoms with Crippen molar-refractivity contribution in [2.75, 3.05) is 0 Å². The molecule has 1 aromatic rings. The van der Waals surface area contributed by atoms with Gasteiger partial charge in [0.1, 0.15) is 0 Å². The number of carbonyl (C=O) groups is 1. The van der Waals surface area contributed by atoms with Crippen molar-refractivity contribution in [3.8, 4) is 0 Å². The van der Waals surface area contributed by atoms with Crippen LogP contribution < -0.4 is 5.32 Å². The average molecular weight is 302 g/mol. The summed E-state index contributed by atoms with van der Waals surface area (Å²) in [5.74, 6) is -0.152. The van der Waals surface area contributed by atoms with Crippen molar-refractivity contribution in [3.63, 3.8) is 0 Å². The lowest BCUT2D eigenvalue weighted by Crippen LogP contribution is -2.45. The maximum atomic E-state index is 12.0. The molecular formula is C14H17Cl2NO2. The molecule has 0 unspecified atom stereocenters. The minimum absolute atomic E-state index is 0.141. The summed E-state index contributed by atoms with van der Waals surface area (Å²) >= 11 is 12.1. The third-order valence-corrected chi connectivity index (χ3v) is 4.18. The summed E-state index contributed by atoms with van der Waals surface area (Å²) in [5.41, 5.74) is 0.633. The van der Waals surface area contributed by atoms with Crippen molar-refractivity contribution < 1.29 is 9.90 Å². The Morgan fingerprint density at radius 2 is 1.89 bits per heavy atom. The van der Waals surface area contributed by atoms with Crippen LogP contribution >= 0.6 is 23.2 Å². The van der Waals surface area contributed by atoms with Gasteiger partial charge in [0.05, 0.1) is 18.6 Å². The van der Waals surface area contributed by atoms with Crippen molar-refractivity contribution in [1.82, 2.24) is 5.32 Å². The quantitative estimate of drug-likeness (QED) is 0.902. The standard InChI is InChI=1S/C14H17Cl2NO2/c15-10-4-3-5-11(16)9(10)8-14(19)17-12-6-1-2-7-13(12)18/h3-5,12-13,18H,1-2,6-8H2,(H,17,19)/t12-,13-/m1/s1. The topological polar surface area (TPSA) is 49.3 Å². The lowest BCUT2D eigenvalue weighted by atomic mass is 9.92. The Kier molecular flexibility index (Phi) is 5.08. The average Bonchev–Trinajstić information content (AvgIpc) is 2.37. The zero-order chi connectivity index (χ0) is 13.8. The fourth-order valence-electron chi connectivity index (χ4n) is 2.40. The van der Waals surface area contributed by atoms with E-state index in [0.29, 0.717) is 15.6 Å². The molecule has 0 aromatic heterocycles. The minimum Gasteiger partial charge on any atom is -0.391 e. The number of hydrogen-bond acceptors (Lipinski definition) is 2. The van der Waals surface area contributed by atoms with Crippen molar-refractivity contribution in [3.05, 3.63) is 33.8 Å². The number of aliphatic hydroxyl groups is 1. The van der Waals surface area contributed by atoms with E-state index < -0.39 is 6.10 Å². The van der Waals surface area contributed by atoms with Gasteiger partial charge in [-0.05, 0) is 30.5 Å². The molecule has 2 N–H and O–H groups in total. The number of benzene rings is 1. The third-order valence-electron chi connectivity index (χ3n) is 3.47. The molecule has 1 aliphatic carbocycles. The van der Waals surface area contributed by atoms with Gasteiger partial charge in [-0.1, -0.05) is 42.1 Å².